The van der Waals surface area contributed by atoms with Crippen LogP contribution in [0.15, 0.2) is 30.7 Å². The van der Waals surface area contributed by atoms with Crippen LogP contribution in [-0.2, 0) is 0 Å². The van der Waals surface area contributed by atoms with Gasteiger partial charge in [0, 0.05) is 49.0 Å². The van der Waals surface area contributed by atoms with E-state index >= 15 is 0 Å². The molecule has 1 fully saturated rings. The second-order valence-corrected chi connectivity index (χ2v) is 7.78. The number of hydrogen-bond acceptors (Lipinski definition) is 5. The molecule has 4 heterocycles. The highest BCUT2D eigenvalue weighted by Gasteiger charge is 2.26. The summed E-state index contributed by atoms with van der Waals surface area (Å²) in [5.41, 5.74) is 1.51. The van der Waals surface area contributed by atoms with Gasteiger partial charge >= 0.3 is 6.03 Å². The third-order valence-electron chi connectivity index (χ3n) is 5.62. The molecule has 1 aliphatic rings. The Morgan fingerprint density at radius 1 is 1.32 bits per heavy atom. The third kappa shape index (κ3) is 4.76. The lowest BCUT2D eigenvalue weighted by Crippen LogP contribution is -2.49. The SMILES string of the molecule is CCCNC(=O)N1CCCC[C@@H]1CCNc1nc(-c2c[nH]c3ncccc23)ncc1F. The molecule has 1 saturated heterocycles. The lowest BCUT2D eigenvalue weighted by atomic mass is 10.00. The van der Waals surface area contributed by atoms with E-state index in [2.05, 4.69) is 30.6 Å². The summed E-state index contributed by atoms with van der Waals surface area (Å²) in [5, 5.41) is 6.95. The van der Waals surface area contributed by atoms with Crippen LogP contribution in [0.3, 0.4) is 0 Å². The number of piperidine rings is 1. The average molecular weight is 426 g/mol. The molecule has 0 radical (unpaired) electrons. The van der Waals surface area contributed by atoms with Gasteiger partial charge in [-0.15, -0.1) is 0 Å². The molecule has 1 atom stereocenters. The highest BCUT2D eigenvalue weighted by molar-refractivity contribution is 5.91. The van der Waals surface area contributed by atoms with Crippen molar-refractivity contribution in [2.45, 2.75) is 45.1 Å². The van der Waals surface area contributed by atoms with Gasteiger partial charge < -0.3 is 20.5 Å². The molecule has 0 aliphatic carbocycles. The summed E-state index contributed by atoms with van der Waals surface area (Å²) in [7, 11) is 0. The standard InChI is InChI=1S/C22H28FN7O/c1-2-9-26-22(31)30-12-4-3-6-15(30)8-11-25-21-18(23)14-28-20(29-21)17-13-27-19-16(17)7-5-10-24-19/h5,7,10,13-15H,2-4,6,8-9,11-12H2,1H3,(H,24,27)(H,26,31)(H,25,28,29)/t15-/m1/s1. The largest absolute Gasteiger partial charge is 0.367 e. The van der Waals surface area contributed by atoms with Gasteiger partial charge in [0.2, 0.25) is 0 Å². The molecule has 3 N–H and O–H groups in total. The molecule has 31 heavy (non-hydrogen) atoms. The van der Waals surface area contributed by atoms with E-state index in [1.54, 1.807) is 12.4 Å². The van der Waals surface area contributed by atoms with E-state index < -0.39 is 5.82 Å². The predicted octanol–water partition coefficient (Wildman–Crippen LogP) is 3.94. The fraction of sp³-hybridized carbons (Fsp3) is 0.455. The molecule has 164 valence electrons. The van der Waals surface area contributed by atoms with Crippen molar-refractivity contribution < 1.29 is 9.18 Å². The van der Waals surface area contributed by atoms with Crippen LogP contribution in [-0.4, -0.2) is 56.5 Å². The average Bonchev–Trinajstić information content (AvgIpc) is 3.23. The molecule has 0 unspecified atom stereocenters. The number of nitrogens with zero attached hydrogens (tertiary/aromatic N) is 4. The van der Waals surface area contributed by atoms with Crippen molar-refractivity contribution in [1.82, 2.24) is 30.2 Å². The minimum atomic E-state index is -0.497. The summed E-state index contributed by atoms with van der Waals surface area (Å²) >= 11 is 0. The van der Waals surface area contributed by atoms with Crippen molar-refractivity contribution in [3.05, 3.63) is 36.5 Å². The van der Waals surface area contributed by atoms with Crippen LogP contribution in [0.5, 0.6) is 0 Å². The summed E-state index contributed by atoms with van der Waals surface area (Å²) in [6.45, 7) is 4.00. The maximum atomic E-state index is 14.4. The Balaban J connectivity index is 1.42. The van der Waals surface area contributed by atoms with Crippen molar-refractivity contribution in [2.24, 2.45) is 0 Å². The fourth-order valence-corrected chi connectivity index (χ4v) is 4.02. The number of hydrogen-bond donors (Lipinski definition) is 3. The molecule has 3 aromatic heterocycles. The summed E-state index contributed by atoms with van der Waals surface area (Å²) in [6.07, 6.45) is 9.40. The van der Waals surface area contributed by atoms with Gasteiger partial charge in [-0.3, -0.25) is 0 Å². The predicted molar refractivity (Wildman–Crippen MR) is 118 cm³/mol. The number of amides is 2. The first-order valence-electron chi connectivity index (χ1n) is 10.9. The Kier molecular flexibility index (Phi) is 6.59. The van der Waals surface area contributed by atoms with E-state index in [0.717, 1.165) is 55.2 Å². The van der Waals surface area contributed by atoms with Crippen molar-refractivity contribution in [3.8, 4) is 11.4 Å². The first-order valence-corrected chi connectivity index (χ1v) is 10.9. The molecule has 0 saturated carbocycles. The number of urea groups is 1. The molecular weight excluding hydrogens is 397 g/mol. The summed E-state index contributed by atoms with van der Waals surface area (Å²) in [4.78, 5) is 30.3. The van der Waals surface area contributed by atoms with Crippen LogP contribution in [0.25, 0.3) is 22.4 Å². The molecule has 3 aromatic rings. The van der Waals surface area contributed by atoms with Crippen LogP contribution in [0, 0.1) is 5.82 Å². The van der Waals surface area contributed by atoms with Gasteiger partial charge in [-0.2, -0.15) is 0 Å². The Hall–Kier alpha value is -3.23. The van der Waals surface area contributed by atoms with Gasteiger partial charge in [-0.25, -0.2) is 24.1 Å². The Labute approximate surface area is 180 Å². The van der Waals surface area contributed by atoms with Crippen molar-refractivity contribution in [1.29, 1.82) is 0 Å². The minimum absolute atomic E-state index is 0.00463. The lowest BCUT2D eigenvalue weighted by molar-refractivity contribution is 0.148. The topological polar surface area (TPSA) is 98.8 Å². The van der Waals surface area contributed by atoms with Gasteiger partial charge in [-0.05, 0) is 44.2 Å². The number of H-pyrrole nitrogens is 1. The molecule has 9 heteroatoms. The van der Waals surface area contributed by atoms with E-state index in [0.29, 0.717) is 18.9 Å². The number of likely N-dealkylation sites (tertiary alicyclic amines) is 1. The van der Waals surface area contributed by atoms with Gasteiger partial charge in [0.15, 0.2) is 17.5 Å². The number of nitrogens with one attached hydrogen (secondary N) is 3. The quantitative estimate of drug-likeness (QED) is 0.533. The number of rotatable bonds is 7. The Bertz CT molecular complexity index is 1040. The van der Waals surface area contributed by atoms with Crippen LogP contribution in [0.2, 0.25) is 0 Å². The van der Waals surface area contributed by atoms with Gasteiger partial charge in [0.1, 0.15) is 5.65 Å². The second-order valence-electron chi connectivity index (χ2n) is 7.78. The Morgan fingerprint density at radius 3 is 3.10 bits per heavy atom. The normalized spacial score (nSPS) is 16.5. The van der Waals surface area contributed by atoms with Gasteiger partial charge in [0.05, 0.1) is 6.20 Å². The number of aromatic amines is 1. The number of aromatic nitrogens is 4. The Morgan fingerprint density at radius 2 is 2.23 bits per heavy atom. The van der Waals surface area contributed by atoms with Crippen LogP contribution < -0.4 is 10.6 Å². The highest BCUT2D eigenvalue weighted by atomic mass is 19.1. The summed E-state index contributed by atoms with van der Waals surface area (Å²) in [6, 6.07) is 3.90. The van der Waals surface area contributed by atoms with Crippen LogP contribution in [0.4, 0.5) is 15.0 Å². The molecule has 4 rings (SSSR count). The molecule has 1 aliphatic heterocycles. The first kappa shape index (κ1) is 21.0. The van der Waals surface area contributed by atoms with E-state index in [-0.39, 0.29) is 17.9 Å². The monoisotopic (exact) mass is 425 g/mol. The van der Waals surface area contributed by atoms with Crippen molar-refractivity contribution >= 4 is 22.9 Å². The zero-order valence-corrected chi connectivity index (χ0v) is 17.7. The molecule has 0 bridgehead atoms. The maximum absolute atomic E-state index is 14.4. The zero-order valence-electron chi connectivity index (χ0n) is 17.7. The van der Waals surface area contributed by atoms with E-state index in [1.807, 2.05) is 24.0 Å². The number of pyridine rings is 1. The molecule has 2 amide bonds. The van der Waals surface area contributed by atoms with Crippen LogP contribution in [0.1, 0.15) is 39.0 Å². The van der Waals surface area contributed by atoms with Crippen molar-refractivity contribution in [2.75, 3.05) is 25.0 Å². The maximum Gasteiger partial charge on any atom is 0.317 e. The van der Waals surface area contributed by atoms with Gasteiger partial charge in [-0.1, -0.05) is 6.92 Å². The minimum Gasteiger partial charge on any atom is -0.367 e. The first-order chi connectivity index (χ1) is 15.2. The van der Waals surface area contributed by atoms with Crippen LogP contribution >= 0.6 is 0 Å². The lowest BCUT2D eigenvalue weighted by Gasteiger charge is -2.36. The number of carbonyl (C=O) groups is 1. The van der Waals surface area contributed by atoms with E-state index in [4.69, 9.17) is 0 Å². The fourth-order valence-electron chi connectivity index (χ4n) is 4.02. The summed E-state index contributed by atoms with van der Waals surface area (Å²) in [5.74, 6) is 0.102. The molecule has 0 aromatic carbocycles. The summed E-state index contributed by atoms with van der Waals surface area (Å²) < 4.78 is 14.4. The molecular formula is C22H28FN7O. The zero-order chi connectivity index (χ0) is 21.6. The molecule has 8 nitrogen and oxygen atoms in total. The van der Waals surface area contributed by atoms with Crippen molar-refractivity contribution in [3.63, 3.8) is 0 Å². The number of carbonyl (C=O) groups excluding carboxylic acids is 1. The number of anilines is 1. The van der Waals surface area contributed by atoms with E-state index in [9.17, 15) is 9.18 Å². The van der Waals surface area contributed by atoms with E-state index in [1.165, 1.54) is 6.20 Å². The van der Waals surface area contributed by atoms with Gasteiger partial charge in [0.25, 0.3) is 0 Å². The number of fused-ring (bicyclic) bond motifs is 1. The second kappa shape index (κ2) is 9.72. The third-order valence-corrected chi connectivity index (χ3v) is 5.62. The highest BCUT2D eigenvalue weighted by Crippen LogP contribution is 2.26. The molecule has 0 spiro atoms. The number of halogens is 1. The smallest absolute Gasteiger partial charge is 0.317 e.